The highest BCUT2D eigenvalue weighted by molar-refractivity contribution is 7.89. The van der Waals surface area contributed by atoms with E-state index in [4.69, 9.17) is 11.6 Å². The Morgan fingerprint density at radius 2 is 1.87 bits per heavy atom. The van der Waals surface area contributed by atoms with E-state index in [0.29, 0.717) is 13.1 Å². The van der Waals surface area contributed by atoms with Gasteiger partial charge >= 0.3 is 0 Å². The summed E-state index contributed by atoms with van der Waals surface area (Å²) >= 11 is 6.11. The Balaban J connectivity index is 1.80. The predicted molar refractivity (Wildman–Crippen MR) is 110 cm³/mol. The summed E-state index contributed by atoms with van der Waals surface area (Å²) < 4.78 is 28.1. The van der Waals surface area contributed by atoms with Crippen LogP contribution in [-0.2, 0) is 21.4 Å². The first-order chi connectivity index (χ1) is 14.2. The molecule has 1 fully saturated rings. The summed E-state index contributed by atoms with van der Waals surface area (Å²) in [6.45, 7) is 0.341. The van der Waals surface area contributed by atoms with E-state index in [-0.39, 0.29) is 21.3 Å². The van der Waals surface area contributed by atoms with Crippen LogP contribution in [0.2, 0.25) is 5.02 Å². The van der Waals surface area contributed by atoms with E-state index in [1.807, 2.05) is 0 Å². The van der Waals surface area contributed by atoms with E-state index in [2.05, 4.69) is 5.32 Å². The second-order valence-corrected chi connectivity index (χ2v) is 9.08. The fraction of sp³-hybridized carbons (Fsp3) is 0.333. The fourth-order valence-corrected chi connectivity index (χ4v) is 5.15. The van der Waals surface area contributed by atoms with Crippen molar-refractivity contribution >= 4 is 38.9 Å². The molecule has 1 aromatic carbocycles. The van der Waals surface area contributed by atoms with E-state index in [0.717, 1.165) is 42.2 Å². The van der Waals surface area contributed by atoms with Gasteiger partial charge in [0.05, 0.1) is 16.1 Å². The number of nitro groups is 1. The molecule has 1 N–H and O–H groups in total. The third kappa shape index (κ3) is 4.86. The maximum absolute atomic E-state index is 12.9. The number of hydrogen-bond acceptors (Lipinski definition) is 6. The molecule has 2 heterocycles. The Bertz CT molecular complexity index is 1140. The predicted octanol–water partition coefficient (Wildman–Crippen LogP) is 2.22. The van der Waals surface area contributed by atoms with Gasteiger partial charge < -0.3 is 5.32 Å². The summed E-state index contributed by atoms with van der Waals surface area (Å²) in [7, 11) is -3.81. The van der Waals surface area contributed by atoms with Gasteiger partial charge in [-0.05, 0) is 31.0 Å². The molecule has 1 aliphatic heterocycles. The van der Waals surface area contributed by atoms with E-state index < -0.39 is 33.0 Å². The number of rotatable bonds is 6. The number of carbonyl (C=O) groups is 1. The number of nitrogens with one attached hydrogen (secondary N) is 1. The van der Waals surface area contributed by atoms with Crippen LogP contribution in [0.1, 0.15) is 19.3 Å². The van der Waals surface area contributed by atoms with Crippen molar-refractivity contribution in [2.45, 2.75) is 30.7 Å². The van der Waals surface area contributed by atoms with Crippen LogP contribution in [0.25, 0.3) is 0 Å². The van der Waals surface area contributed by atoms with Gasteiger partial charge in [-0.15, -0.1) is 0 Å². The lowest BCUT2D eigenvalue weighted by molar-refractivity contribution is -0.385. The van der Waals surface area contributed by atoms with Crippen LogP contribution < -0.4 is 10.9 Å². The topological polar surface area (TPSA) is 132 Å². The molecule has 10 nitrogen and oxygen atoms in total. The molecule has 0 radical (unpaired) electrons. The third-order valence-electron chi connectivity index (χ3n) is 4.64. The van der Waals surface area contributed by atoms with Crippen LogP contribution in [0.5, 0.6) is 0 Å². The van der Waals surface area contributed by atoms with Crippen LogP contribution in [0.3, 0.4) is 0 Å². The molecule has 160 valence electrons. The third-order valence-corrected chi connectivity index (χ3v) is 7.02. The van der Waals surface area contributed by atoms with Crippen LogP contribution in [0, 0.1) is 10.1 Å². The Morgan fingerprint density at radius 1 is 1.17 bits per heavy atom. The first-order valence-corrected chi connectivity index (χ1v) is 10.9. The van der Waals surface area contributed by atoms with Gasteiger partial charge in [-0.1, -0.05) is 18.0 Å². The van der Waals surface area contributed by atoms with E-state index in [9.17, 15) is 28.1 Å². The molecule has 0 unspecified atom stereocenters. The molecule has 0 bridgehead atoms. The Hall–Kier alpha value is -2.76. The van der Waals surface area contributed by atoms with Gasteiger partial charge in [0.25, 0.3) is 11.2 Å². The summed E-state index contributed by atoms with van der Waals surface area (Å²) in [4.78, 5) is 34.2. The van der Waals surface area contributed by atoms with Gasteiger partial charge in [0.2, 0.25) is 15.9 Å². The van der Waals surface area contributed by atoms with Crippen molar-refractivity contribution in [3.8, 4) is 0 Å². The number of pyridine rings is 1. The van der Waals surface area contributed by atoms with Crippen LogP contribution >= 0.6 is 11.6 Å². The van der Waals surface area contributed by atoms with Gasteiger partial charge in [-0.3, -0.25) is 24.3 Å². The Labute approximate surface area is 177 Å². The van der Waals surface area contributed by atoms with Crippen molar-refractivity contribution in [1.29, 1.82) is 0 Å². The number of piperidine rings is 1. The molecule has 1 amide bonds. The first-order valence-electron chi connectivity index (χ1n) is 9.13. The molecule has 0 atom stereocenters. The smallest absolute Gasteiger partial charge is 0.285 e. The first kappa shape index (κ1) is 21.9. The average molecular weight is 455 g/mol. The largest absolute Gasteiger partial charge is 0.324 e. The van der Waals surface area contributed by atoms with Crippen molar-refractivity contribution in [3.05, 3.63) is 62.0 Å². The van der Waals surface area contributed by atoms with Crippen LogP contribution in [-0.4, -0.2) is 41.2 Å². The molecule has 0 aliphatic carbocycles. The highest BCUT2D eigenvalue weighted by Crippen LogP contribution is 2.29. The summed E-state index contributed by atoms with van der Waals surface area (Å²) in [5, 5.41) is 13.4. The number of nitrogens with zero attached hydrogens (tertiary/aromatic N) is 3. The molecule has 2 aromatic rings. The average Bonchev–Trinajstić information content (AvgIpc) is 2.71. The van der Waals surface area contributed by atoms with E-state index in [1.165, 1.54) is 22.5 Å². The second-order valence-electron chi connectivity index (χ2n) is 6.77. The SMILES string of the molecule is O=C(Cn1cc([N+](=O)[O-])ccc1=O)Nc1ccc(Cl)c(S(=O)(=O)N2CCCCC2)c1. The zero-order valence-corrected chi connectivity index (χ0v) is 17.4. The maximum Gasteiger partial charge on any atom is 0.285 e. The number of benzene rings is 1. The van der Waals surface area contributed by atoms with Crippen molar-refractivity contribution in [1.82, 2.24) is 8.87 Å². The number of halogens is 1. The normalized spacial score (nSPS) is 15.0. The van der Waals surface area contributed by atoms with E-state index >= 15 is 0 Å². The fourth-order valence-electron chi connectivity index (χ4n) is 3.13. The van der Waals surface area contributed by atoms with Crippen molar-refractivity contribution in [3.63, 3.8) is 0 Å². The molecule has 30 heavy (non-hydrogen) atoms. The zero-order chi connectivity index (χ0) is 21.9. The maximum atomic E-state index is 12.9. The quantitative estimate of drug-likeness (QED) is 0.525. The zero-order valence-electron chi connectivity index (χ0n) is 15.8. The minimum Gasteiger partial charge on any atom is -0.324 e. The van der Waals surface area contributed by atoms with Gasteiger partial charge in [0.15, 0.2) is 0 Å². The van der Waals surface area contributed by atoms with Gasteiger partial charge in [0, 0.05) is 30.9 Å². The number of aromatic nitrogens is 1. The molecule has 1 aromatic heterocycles. The minimum absolute atomic E-state index is 0.0356. The highest BCUT2D eigenvalue weighted by atomic mass is 35.5. The molecular formula is C18H19ClN4O6S. The lowest BCUT2D eigenvalue weighted by Crippen LogP contribution is -2.35. The minimum atomic E-state index is -3.81. The van der Waals surface area contributed by atoms with Crippen LogP contribution in [0.4, 0.5) is 11.4 Å². The number of anilines is 1. The van der Waals surface area contributed by atoms with E-state index in [1.54, 1.807) is 0 Å². The summed E-state index contributed by atoms with van der Waals surface area (Å²) in [5.74, 6) is -0.652. The molecule has 12 heteroatoms. The second kappa shape index (κ2) is 8.94. The molecule has 3 rings (SSSR count). The summed E-state index contributed by atoms with van der Waals surface area (Å²) in [5.41, 5.74) is -0.734. The number of sulfonamides is 1. The summed E-state index contributed by atoms with van der Waals surface area (Å²) in [6, 6.07) is 6.12. The molecule has 0 spiro atoms. The van der Waals surface area contributed by atoms with Gasteiger partial charge in [-0.2, -0.15) is 4.31 Å². The standard InChI is InChI=1S/C18H19ClN4O6S/c19-15-6-4-13(10-16(15)30(28,29)22-8-2-1-3-9-22)20-17(24)12-21-11-14(23(26)27)5-7-18(21)25/h4-7,10-11H,1-3,8-9,12H2,(H,20,24). The monoisotopic (exact) mass is 454 g/mol. The van der Waals surface area contributed by atoms with Gasteiger partial charge in [-0.25, -0.2) is 8.42 Å². The number of amides is 1. The Morgan fingerprint density at radius 3 is 2.53 bits per heavy atom. The summed E-state index contributed by atoms with van der Waals surface area (Å²) in [6.07, 6.45) is 3.47. The molecule has 1 saturated heterocycles. The van der Waals surface area contributed by atoms with Crippen LogP contribution in [0.15, 0.2) is 46.2 Å². The highest BCUT2D eigenvalue weighted by Gasteiger charge is 2.28. The van der Waals surface area contributed by atoms with Crippen molar-refractivity contribution < 1.29 is 18.1 Å². The lowest BCUT2D eigenvalue weighted by Gasteiger charge is -2.26. The molecular weight excluding hydrogens is 436 g/mol. The van der Waals surface area contributed by atoms with Gasteiger partial charge in [0.1, 0.15) is 11.4 Å². The van der Waals surface area contributed by atoms with Crippen molar-refractivity contribution in [2.75, 3.05) is 18.4 Å². The molecule has 0 saturated carbocycles. The molecule has 1 aliphatic rings. The number of carbonyl (C=O) groups excluding carboxylic acids is 1. The van der Waals surface area contributed by atoms with Crippen molar-refractivity contribution in [2.24, 2.45) is 0 Å². The lowest BCUT2D eigenvalue weighted by atomic mass is 10.2. The Kier molecular flexibility index (Phi) is 6.54. The number of hydrogen-bond donors (Lipinski definition) is 1.